The molecule has 10 aromatic rings. The Bertz CT molecular complexity index is 3130. The molecule has 8 aromatic carbocycles. The summed E-state index contributed by atoms with van der Waals surface area (Å²) in [6.07, 6.45) is 0. The van der Waals surface area contributed by atoms with Gasteiger partial charge < -0.3 is 4.42 Å². The highest BCUT2D eigenvalue weighted by Crippen LogP contribution is 2.39. The number of hydrogen-bond acceptors (Lipinski definition) is 5. The van der Waals surface area contributed by atoms with Crippen molar-refractivity contribution in [3.05, 3.63) is 200 Å². The second-order valence-corrected chi connectivity index (χ2v) is 14.0. The van der Waals surface area contributed by atoms with E-state index in [1.165, 1.54) is 11.1 Å². The lowest BCUT2D eigenvalue weighted by molar-refractivity contribution is 0.669. The van der Waals surface area contributed by atoms with Gasteiger partial charge in [0.25, 0.3) is 0 Å². The fourth-order valence-corrected chi connectivity index (χ4v) is 7.51. The topological polar surface area (TPSA) is 75.6 Å². The summed E-state index contributed by atoms with van der Waals surface area (Å²) < 4.78 is 6.57. The van der Waals surface area contributed by atoms with E-state index in [9.17, 15) is 5.26 Å². The minimum absolute atomic E-state index is 0.546. The lowest BCUT2D eigenvalue weighted by atomic mass is 9.95. The number of aromatic nitrogens is 3. The van der Waals surface area contributed by atoms with E-state index < -0.39 is 0 Å². The maximum Gasteiger partial charge on any atom is 0.164 e. The molecule has 0 N–H and O–H groups in total. The molecule has 2 heterocycles. The first-order chi connectivity index (χ1) is 28.2. The molecule has 0 saturated carbocycles. The number of rotatable bonds is 7. The van der Waals surface area contributed by atoms with Crippen molar-refractivity contribution in [1.82, 2.24) is 15.0 Å². The van der Waals surface area contributed by atoms with Gasteiger partial charge in [0.2, 0.25) is 0 Å². The van der Waals surface area contributed by atoms with Crippen LogP contribution < -0.4 is 0 Å². The van der Waals surface area contributed by atoms with Crippen molar-refractivity contribution < 1.29 is 4.42 Å². The number of fused-ring (bicyclic) bond motifs is 3. The van der Waals surface area contributed by atoms with Gasteiger partial charge in [0, 0.05) is 27.5 Å². The monoisotopic (exact) mass is 728 g/mol. The molecule has 0 bridgehead atoms. The van der Waals surface area contributed by atoms with E-state index in [2.05, 4.69) is 109 Å². The molecule has 0 saturated heterocycles. The van der Waals surface area contributed by atoms with Crippen molar-refractivity contribution in [2.45, 2.75) is 0 Å². The Balaban J connectivity index is 1.04. The molecule has 0 unspecified atom stereocenters. The Morgan fingerprint density at radius 1 is 0.351 bits per heavy atom. The van der Waals surface area contributed by atoms with Crippen LogP contribution in [-0.4, -0.2) is 15.0 Å². The molecule has 0 amide bonds. The molecule has 0 aliphatic rings. The van der Waals surface area contributed by atoms with Gasteiger partial charge in [-0.3, -0.25) is 0 Å². The van der Waals surface area contributed by atoms with E-state index in [-0.39, 0.29) is 0 Å². The Kier molecular flexibility index (Phi) is 8.48. The van der Waals surface area contributed by atoms with Crippen LogP contribution in [0.1, 0.15) is 5.56 Å². The zero-order valence-electron chi connectivity index (χ0n) is 30.7. The Hall–Kier alpha value is -7.94. The van der Waals surface area contributed by atoms with Crippen LogP contribution in [0.2, 0.25) is 0 Å². The fourth-order valence-electron chi connectivity index (χ4n) is 7.51. The summed E-state index contributed by atoms with van der Waals surface area (Å²) in [6, 6.07) is 68.2. The van der Waals surface area contributed by atoms with E-state index in [0.29, 0.717) is 23.0 Å². The van der Waals surface area contributed by atoms with Crippen LogP contribution in [-0.2, 0) is 0 Å². The smallest absolute Gasteiger partial charge is 0.164 e. The number of benzene rings is 8. The third kappa shape index (κ3) is 6.52. The highest BCUT2D eigenvalue weighted by Gasteiger charge is 2.17. The number of hydrogen-bond donors (Lipinski definition) is 0. The van der Waals surface area contributed by atoms with E-state index in [1.54, 1.807) is 0 Å². The Morgan fingerprint density at radius 3 is 1.53 bits per heavy atom. The zero-order valence-corrected chi connectivity index (χ0v) is 30.7. The third-order valence-corrected chi connectivity index (χ3v) is 10.4. The predicted octanol–water partition coefficient (Wildman–Crippen LogP) is 13.3. The Labute approximate surface area is 329 Å². The molecule has 5 nitrogen and oxygen atoms in total. The van der Waals surface area contributed by atoms with Gasteiger partial charge in [-0.1, -0.05) is 152 Å². The van der Waals surface area contributed by atoms with Crippen LogP contribution in [0.25, 0.3) is 101 Å². The molecule has 0 aliphatic carbocycles. The standard InChI is InChI=1S/C52H32N4O/c53-33-34-11-7-16-39(29-34)41-18-9-20-43(31-41)51-54-50(38-14-5-2-6-15-38)55-52(56-51)44-27-28-46-48(32-44)57-47-22-10-21-45(49(46)47)42-19-8-17-40(30-42)37-25-23-36(24-26-37)35-12-3-1-4-13-35/h1-32H. The average molecular weight is 729 g/mol. The van der Waals surface area contributed by atoms with Crippen molar-refractivity contribution in [2.75, 3.05) is 0 Å². The summed E-state index contributed by atoms with van der Waals surface area (Å²) in [5.74, 6) is 1.68. The maximum absolute atomic E-state index is 9.49. The maximum atomic E-state index is 9.49. The van der Waals surface area contributed by atoms with Gasteiger partial charge in [0.1, 0.15) is 11.2 Å². The predicted molar refractivity (Wildman–Crippen MR) is 230 cm³/mol. The Morgan fingerprint density at radius 2 is 0.825 bits per heavy atom. The molecular formula is C52H32N4O. The lowest BCUT2D eigenvalue weighted by Gasteiger charge is -2.10. The molecule has 5 heteroatoms. The van der Waals surface area contributed by atoms with Crippen molar-refractivity contribution in [2.24, 2.45) is 0 Å². The number of nitriles is 1. The second-order valence-electron chi connectivity index (χ2n) is 14.0. The van der Waals surface area contributed by atoms with Crippen molar-refractivity contribution in [3.8, 4) is 84.7 Å². The minimum Gasteiger partial charge on any atom is -0.456 e. The van der Waals surface area contributed by atoms with Crippen LogP contribution >= 0.6 is 0 Å². The van der Waals surface area contributed by atoms with Gasteiger partial charge in [-0.2, -0.15) is 5.26 Å². The van der Waals surface area contributed by atoms with Crippen LogP contribution in [0.15, 0.2) is 199 Å². The molecule has 10 rings (SSSR count). The van der Waals surface area contributed by atoms with E-state index in [0.717, 1.165) is 72.0 Å². The van der Waals surface area contributed by atoms with Gasteiger partial charge in [-0.05, 0) is 87.0 Å². The van der Waals surface area contributed by atoms with E-state index >= 15 is 0 Å². The summed E-state index contributed by atoms with van der Waals surface area (Å²) in [7, 11) is 0. The van der Waals surface area contributed by atoms with Crippen LogP contribution in [0, 0.1) is 11.3 Å². The molecule has 266 valence electrons. The van der Waals surface area contributed by atoms with E-state index in [1.807, 2.05) is 91.0 Å². The molecule has 0 fully saturated rings. The third-order valence-electron chi connectivity index (χ3n) is 10.4. The van der Waals surface area contributed by atoms with Gasteiger partial charge in [0.15, 0.2) is 17.5 Å². The number of nitrogens with zero attached hydrogens (tertiary/aromatic N) is 4. The molecule has 0 aliphatic heterocycles. The molecule has 57 heavy (non-hydrogen) atoms. The minimum atomic E-state index is 0.546. The van der Waals surface area contributed by atoms with Crippen molar-refractivity contribution in [3.63, 3.8) is 0 Å². The normalized spacial score (nSPS) is 11.1. The van der Waals surface area contributed by atoms with E-state index in [4.69, 9.17) is 19.4 Å². The highest BCUT2D eigenvalue weighted by molar-refractivity contribution is 6.13. The first kappa shape index (κ1) is 33.6. The molecule has 0 radical (unpaired) electrons. The largest absolute Gasteiger partial charge is 0.456 e. The van der Waals surface area contributed by atoms with Gasteiger partial charge >= 0.3 is 0 Å². The SMILES string of the molecule is N#Cc1cccc(-c2cccc(-c3nc(-c4ccccc4)nc(-c4ccc5c(c4)oc4cccc(-c6cccc(-c7ccc(-c8ccccc8)cc7)c6)c45)n3)c2)c1. The fraction of sp³-hybridized carbons (Fsp3) is 0. The molecule has 0 spiro atoms. The summed E-state index contributed by atoms with van der Waals surface area (Å²) in [5.41, 5.74) is 13.6. The highest BCUT2D eigenvalue weighted by atomic mass is 16.3. The van der Waals surface area contributed by atoms with Crippen LogP contribution in [0.3, 0.4) is 0 Å². The van der Waals surface area contributed by atoms with Crippen LogP contribution in [0.4, 0.5) is 0 Å². The van der Waals surface area contributed by atoms with Crippen molar-refractivity contribution in [1.29, 1.82) is 5.26 Å². The van der Waals surface area contributed by atoms with Gasteiger partial charge in [-0.15, -0.1) is 0 Å². The summed E-state index contributed by atoms with van der Waals surface area (Å²) in [6.45, 7) is 0. The van der Waals surface area contributed by atoms with Gasteiger partial charge in [-0.25, -0.2) is 15.0 Å². The first-order valence-electron chi connectivity index (χ1n) is 18.8. The van der Waals surface area contributed by atoms with Gasteiger partial charge in [0.05, 0.1) is 11.6 Å². The zero-order chi connectivity index (χ0) is 38.1. The summed E-state index contributed by atoms with van der Waals surface area (Å²) in [5, 5.41) is 11.6. The summed E-state index contributed by atoms with van der Waals surface area (Å²) >= 11 is 0. The lowest BCUT2D eigenvalue weighted by Crippen LogP contribution is -2.00. The molecular weight excluding hydrogens is 697 g/mol. The number of furan rings is 1. The van der Waals surface area contributed by atoms with Crippen LogP contribution in [0.5, 0.6) is 0 Å². The molecule has 0 atom stereocenters. The molecule has 2 aromatic heterocycles. The first-order valence-corrected chi connectivity index (χ1v) is 18.8. The van der Waals surface area contributed by atoms with Crippen molar-refractivity contribution >= 4 is 21.9 Å². The average Bonchev–Trinajstić information content (AvgIpc) is 3.68. The second kappa shape index (κ2) is 14.4. The quantitative estimate of drug-likeness (QED) is 0.163. The summed E-state index contributed by atoms with van der Waals surface area (Å²) in [4.78, 5) is 15.0.